The predicted octanol–water partition coefficient (Wildman–Crippen LogP) is 3.05. The van der Waals surface area contributed by atoms with Gasteiger partial charge < -0.3 is 10.2 Å². The minimum absolute atomic E-state index is 0.114. The van der Waals surface area contributed by atoms with Gasteiger partial charge in [0, 0.05) is 37.5 Å². The van der Waals surface area contributed by atoms with Crippen LogP contribution in [0.25, 0.3) is 0 Å². The van der Waals surface area contributed by atoms with Gasteiger partial charge in [-0.2, -0.15) is 0 Å². The molecule has 0 saturated carbocycles. The van der Waals surface area contributed by atoms with E-state index in [0.717, 1.165) is 11.3 Å². The maximum absolute atomic E-state index is 11.8. The molecule has 0 aliphatic rings. The topological polar surface area (TPSA) is 45.2 Å². The van der Waals surface area contributed by atoms with Gasteiger partial charge in [0.1, 0.15) is 5.69 Å². The summed E-state index contributed by atoms with van der Waals surface area (Å²) in [5.41, 5.74) is 2.35. The summed E-state index contributed by atoms with van der Waals surface area (Å²) >= 11 is 5.94. The van der Waals surface area contributed by atoms with Crippen LogP contribution in [0.3, 0.4) is 0 Å². The van der Waals surface area contributed by atoms with Gasteiger partial charge in [-0.1, -0.05) is 23.7 Å². The molecular formula is C15H16ClN3O. The molecule has 1 heterocycles. The third-order valence-corrected chi connectivity index (χ3v) is 3.01. The number of carbonyl (C=O) groups is 1. The summed E-state index contributed by atoms with van der Waals surface area (Å²) in [7, 11) is 3.41. The Balaban J connectivity index is 2.07. The van der Waals surface area contributed by atoms with Crippen molar-refractivity contribution in [1.29, 1.82) is 0 Å². The molecule has 0 bridgehead atoms. The molecule has 0 atom stereocenters. The van der Waals surface area contributed by atoms with Crippen LogP contribution in [0.15, 0.2) is 42.6 Å². The highest BCUT2D eigenvalue weighted by atomic mass is 35.5. The zero-order valence-electron chi connectivity index (χ0n) is 11.4. The van der Waals surface area contributed by atoms with E-state index in [0.29, 0.717) is 17.3 Å². The van der Waals surface area contributed by atoms with Gasteiger partial charge in [-0.15, -0.1) is 0 Å². The first kappa shape index (κ1) is 14.3. The van der Waals surface area contributed by atoms with E-state index in [-0.39, 0.29) is 5.91 Å². The van der Waals surface area contributed by atoms with Gasteiger partial charge >= 0.3 is 0 Å². The first-order valence-corrected chi connectivity index (χ1v) is 6.60. The Morgan fingerprint density at radius 1 is 1.30 bits per heavy atom. The second kappa shape index (κ2) is 6.39. The van der Waals surface area contributed by atoms with E-state index in [1.807, 2.05) is 30.3 Å². The van der Waals surface area contributed by atoms with Crippen molar-refractivity contribution in [2.24, 2.45) is 0 Å². The van der Waals surface area contributed by atoms with E-state index in [2.05, 4.69) is 10.3 Å². The molecule has 5 heteroatoms. The number of aromatic nitrogens is 1. The molecule has 2 rings (SSSR count). The fraction of sp³-hybridized carbons (Fsp3) is 0.200. The average molecular weight is 290 g/mol. The van der Waals surface area contributed by atoms with E-state index in [4.69, 9.17) is 11.6 Å². The monoisotopic (exact) mass is 289 g/mol. The number of nitrogens with one attached hydrogen (secondary N) is 1. The zero-order chi connectivity index (χ0) is 14.5. The predicted molar refractivity (Wildman–Crippen MR) is 81.0 cm³/mol. The van der Waals surface area contributed by atoms with E-state index in [1.165, 1.54) is 4.90 Å². The van der Waals surface area contributed by atoms with Gasteiger partial charge in [0.05, 0.1) is 0 Å². The molecule has 0 aliphatic heterocycles. The molecule has 0 aliphatic carbocycles. The highest BCUT2D eigenvalue weighted by molar-refractivity contribution is 6.30. The molecule has 1 N–H and O–H groups in total. The van der Waals surface area contributed by atoms with Crippen molar-refractivity contribution in [3.8, 4) is 0 Å². The van der Waals surface area contributed by atoms with Gasteiger partial charge in [0.25, 0.3) is 5.91 Å². The van der Waals surface area contributed by atoms with Crippen LogP contribution in [0.4, 0.5) is 5.69 Å². The number of pyridine rings is 1. The number of hydrogen-bond acceptors (Lipinski definition) is 3. The quantitative estimate of drug-likeness (QED) is 0.941. The highest BCUT2D eigenvalue weighted by Crippen LogP contribution is 2.14. The number of nitrogens with zero attached hydrogens (tertiary/aromatic N) is 2. The Kier molecular flexibility index (Phi) is 4.58. The fourth-order valence-electron chi connectivity index (χ4n) is 1.74. The molecule has 20 heavy (non-hydrogen) atoms. The van der Waals surface area contributed by atoms with E-state index in [1.54, 1.807) is 26.4 Å². The van der Waals surface area contributed by atoms with Crippen molar-refractivity contribution in [3.63, 3.8) is 0 Å². The summed E-state index contributed by atoms with van der Waals surface area (Å²) in [6, 6.07) is 11.2. The summed E-state index contributed by atoms with van der Waals surface area (Å²) in [6.07, 6.45) is 1.62. The largest absolute Gasteiger partial charge is 0.381 e. The van der Waals surface area contributed by atoms with Crippen LogP contribution in [-0.2, 0) is 6.54 Å². The maximum Gasteiger partial charge on any atom is 0.272 e. The fourth-order valence-corrected chi connectivity index (χ4v) is 1.95. The molecule has 4 nitrogen and oxygen atoms in total. The van der Waals surface area contributed by atoms with Crippen molar-refractivity contribution in [2.45, 2.75) is 6.54 Å². The minimum Gasteiger partial charge on any atom is -0.381 e. The van der Waals surface area contributed by atoms with Crippen molar-refractivity contribution < 1.29 is 4.79 Å². The number of benzene rings is 1. The summed E-state index contributed by atoms with van der Waals surface area (Å²) in [5, 5.41) is 3.96. The SMILES string of the molecule is CN(C)C(=O)c1cc(NCc2cccc(Cl)c2)ccn1. The molecular weight excluding hydrogens is 274 g/mol. The number of halogens is 1. The summed E-state index contributed by atoms with van der Waals surface area (Å²) in [5.74, 6) is -0.114. The van der Waals surface area contributed by atoms with Crippen LogP contribution >= 0.6 is 11.6 Å². The van der Waals surface area contributed by atoms with Gasteiger partial charge in [-0.05, 0) is 29.8 Å². The third-order valence-electron chi connectivity index (χ3n) is 2.77. The van der Waals surface area contributed by atoms with Crippen LogP contribution < -0.4 is 5.32 Å². The van der Waals surface area contributed by atoms with Crippen molar-refractivity contribution >= 4 is 23.2 Å². The third kappa shape index (κ3) is 3.71. The summed E-state index contributed by atoms with van der Waals surface area (Å²) in [6.45, 7) is 0.639. The van der Waals surface area contributed by atoms with E-state index < -0.39 is 0 Å². The lowest BCUT2D eigenvalue weighted by molar-refractivity contribution is 0.0822. The number of rotatable bonds is 4. The Labute approximate surface area is 123 Å². The molecule has 104 valence electrons. The summed E-state index contributed by atoms with van der Waals surface area (Å²) < 4.78 is 0. The minimum atomic E-state index is -0.114. The molecule has 1 aromatic carbocycles. The second-order valence-corrected chi connectivity index (χ2v) is 5.05. The average Bonchev–Trinajstić information content (AvgIpc) is 2.44. The van der Waals surface area contributed by atoms with Crippen molar-refractivity contribution in [2.75, 3.05) is 19.4 Å². The Morgan fingerprint density at radius 2 is 2.10 bits per heavy atom. The van der Waals surface area contributed by atoms with Crippen molar-refractivity contribution in [1.82, 2.24) is 9.88 Å². The van der Waals surface area contributed by atoms with E-state index >= 15 is 0 Å². The lowest BCUT2D eigenvalue weighted by atomic mass is 10.2. The van der Waals surface area contributed by atoms with Crippen LogP contribution in [-0.4, -0.2) is 29.9 Å². The number of anilines is 1. The van der Waals surface area contributed by atoms with Gasteiger partial charge in [-0.25, -0.2) is 0 Å². The van der Waals surface area contributed by atoms with Gasteiger partial charge in [0.2, 0.25) is 0 Å². The zero-order valence-corrected chi connectivity index (χ0v) is 12.2. The molecule has 1 aromatic heterocycles. The maximum atomic E-state index is 11.8. The molecule has 1 amide bonds. The van der Waals surface area contributed by atoms with Crippen LogP contribution in [0, 0.1) is 0 Å². The Hall–Kier alpha value is -2.07. The molecule has 0 fully saturated rings. The lowest BCUT2D eigenvalue weighted by Gasteiger charge is -2.11. The van der Waals surface area contributed by atoms with Crippen LogP contribution in [0.5, 0.6) is 0 Å². The second-order valence-electron chi connectivity index (χ2n) is 4.61. The molecule has 0 spiro atoms. The lowest BCUT2D eigenvalue weighted by Crippen LogP contribution is -2.22. The van der Waals surface area contributed by atoms with Crippen LogP contribution in [0.1, 0.15) is 16.1 Å². The number of hydrogen-bond donors (Lipinski definition) is 1. The number of carbonyl (C=O) groups excluding carboxylic acids is 1. The van der Waals surface area contributed by atoms with Crippen LogP contribution in [0.2, 0.25) is 5.02 Å². The standard InChI is InChI=1S/C15H16ClN3O/c1-19(2)15(20)14-9-13(6-7-17-14)18-10-11-4-3-5-12(16)8-11/h3-9H,10H2,1-2H3,(H,17,18). The van der Waals surface area contributed by atoms with E-state index in [9.17, 15) is 4.79 Å². The first-order valence-electron chi connectivity index (χ1n) is 6.22. The number of amides is 1. The van der Waals surface area contributed by atoms with Gasteiger partial charge in [-0.3, -0.25) is 9.78 Å². The molecule has 0 radical (unpaired) electrons. The first-order chi connectivity index (χ1) is 9.56. The summed E-state index contributed by atoms with van der Waals surface area (Å²) in [4.78, 5) is 17.4. The molecule has 0 unspecified atom stereocenters. The normalized spacial score (nSPS) is 10.2. The highest BCUT2D eigenvalue weighted by Gasteiger charge is 2.09. The Morgan fingerprint density at radius 3 is 2.80 bits per heavy atom. The Bertz CT molecular complexity index is 614. The molecule has 2 aromatic rings. The van der Waals surface area contributed by atoms with Crippen molar-refractivity contribution in [3.05, 3.63) is 58.9 Å². The molecule has 0 saturated heterocycles. The smallest absolute Gasteiger partial charge is 0.272 e. The van der Waals surface area contributed by atoms with Gasteiger partial charge in [0.15, 0.2) is 0 Å².